The molecule has 2 aromatic carbocycles. The smallest absolute Gasteiger partial charge is 0.157 e. The summed E-state index contributed by atoms with van der Waals surface area (Å²) in [7, 11) is 0. The van der Waals surface area contributed by atoms with E-state index < -0.39 is 0 Å². The summed E-state index contributed by atoms with van der Waals surface area (Å²) < 4.78 is 11.2. The minimum atomic E-state index is 0.684. The maximum Gasteiger partial charge on any atom is 0.157 e. The van der Waals surface area contributed by atoms with E-state index in [9.17, 15) is 0 Å². The summed E-state index contributed by atoms with van der Waals surface area (Å²) in [5.74, 6) is 1.97. The highest BCUT2D eigenvalue weighted by molar-refractivity contribution is 5.87. The van der Waals surface area contributed by atoms with Gasteiger partial charge in [0, 0.05) is 0 Å². The number of furan rings is 1. The van der Waals surface area contributed by atoms with Gasteiger partial charge in [0.1, 0.15) is 18.8 Å². The van der Waals surface area contributed by atoms with E-state index in [-0.39, 0.29) is 0 Å². The second-order valence-electron chi connectivity index (χ2n) is 4.97. The lowest BCUT2D eigenvalue weighted by Gasteiger charge is -2.12. The summed E-state index contributed by atoms with van der Waals surface area (Å²) in [6.07, 6.45) is 1.71. The van der Waals surface area contributed by atoms with Crippen LogP contribution in [-0.2, 0) is 13.1 Å². The van der Waals surface area contributed by atoms with Gasteiger partial charge < -0.3 is 14.5 Å². The van der Waals surface area contributed by atoms with Gasteiger partial charge in [-0.25, -0.2) is 0 Å². The molecule has 1 heterocycles. The van der Waals surface area contributed by atoms with Crippen LogP contribution in [-0.4, -0.2) is 6.61 Å². The fourth-order valence-corrected chi connectivity index (χ4v) is 2.60. The fourth-order valence-electron chi connectivity index (χ4n) is 2.60. The zero-order valence-corrected chi connectivity index (χ0v) is 12.2. The van der Waals surface area contributed by atoms with Gasteiger partial charge in [0.2, 0.25) is 0 Å². The van der Waals surface area contributed by atoms with Crippen molar-refractivity contribution in [2.75, 3.05) is 6.61 Å². The van der Waals surface area contributed by atoms with Gasteiger partial charge >= 0.3 is 0 Å². The van der Waals surface area contributed by atoms with Crippen molar-refractivity contribution in [3.8, 4) is 5.75 Å². The number of ether oxygens (including phenoxy) is 1. The number of hydrogen-bond acceptors (Lipinski definition) is 2. The molecule has 0 aliphatic heterocycles. The minimum Gasteiger partial charge on any atom is -0.493 e. The van der Waals surface area contributed by atoms with Crippen molar-refractivity contribution in [3.05, 3.63) is 66.1 Å². The summed E-state index contributed by atoms with van der Waals surface area (Å²) in [4.78, 5) is 0. The van der Waals surface area contributed by atoms with Crippen molar-refractivity contribution in [2.45, 2.75) is 20.0 Å². The van der Waals surface area contributed by atoms with Gasteiger partial charge in [0.05, 0.1) is 18.4 Å². The third kappa shape index (κ3) is 3.09. The van der Waals surface area contributed by atoms with Crippen LogP contribution in [0.1, 0.15) is 18.2 Å². The Morgan fingerprint density at radius 1 is 1.00 bits per heavy atom. The van der Waals surface area contributed by atoms with Crippen LogP contribution in [0.25, 0.3) is 10.8 Å². The second-order valence-corrected chi connectivity index (χ2v) is 4.97. The SMILES string of the molecule is CCOc1ccc2ccccc2c1C[NH2+]Cc1ccco1. The molecule has 0 amide bonds. The predicted molar refractivity (Wildman–Crippen MR) is 83.2 cm³/mol. The first-order valence-electron chi connectivity index (χ1n) is 7.36. The van der Waals surface area contributed by atoms with Crippen molar-refractivity contribution in [1.82, 2.24) is 0 Å². The molecule has 0 unspecified atom stereocenters. The molecule has 0 bridgehead atoms. The highest BCUT2D eigenvalue weighted by Gasteiger charge is 2.10. The predicted octanol–water partition coefficient (Wildman–Crippen LogP) is 3.10. The van der Waals surface area contributed by atoms with E-state index in [0.29, 0.717) is 6.61 Å². The third-order valence-electron chi connectivity index (χ3n) is 3.57. The average Bonchev–Trinajstić information content (AvgIpc) is 3.02. The zero-order valence-electron chi connectivity index (χ0n) is 12.2. The number of fused-ring (bicyclic) bond motifs is 1. The van der Waals surface area contributed by atoms with E-state index in [1.165, 1.54) is 16.3 Å². The van der Waals surface area contributed by atoms with Crippen LogP contribution >= 0.6 is 0 Å². The topological polar surface area (TPSA) is 39.0 Å². The van der Waals surface area contributed by atoms with Crippen molar-refractivity contribution in [3.63, 3.8) is 0 Å². The number of rotatable bonds is 6. The first-order chi connectivity index (χ1) is 10.4. The molecule has 0 atom stereocenters. The Balaban J connectivity index is 1.85. The quantitative estimate of drug-likeness (QED) is 0.754. The van der Waals surface area contributed by atoms with Gasteiger partial charge in [-0.15, -0.1) is 0 Å². The monoisotopic (exact) mass is 282 g/mol. The van der Waals surface area contributed by atoms with Crippen LogP contribution in [0.3, 0.4) is 0 Å². The molecule has 0 spiro atoms. The summed E-state index contributed by atoms with van der Waals surface area (Å²) in [5.41, 5.74) is 1.25. The summed E-state index contributed by atoms with van der Waals surface area (Å²) >= 11 is 0. The number of nitrogens with two attached hydrogens (primary N) is 1. The lowest BCUT2D eigenvalue weighted by Crippen LogP contribution is -2.80. The van der Waals surface area contributed by atoms with Crippen molar-refractivity contribution >= 4 is 10.8 Å². The summed E-state index contributed by atoms with van der Waals surface area (Å²) in [6.45, 7) is 4.41. The maximum atomic E-state index is 5.79. The molecular weight excluding hydrogens is 262 g/mol. The van der Waals surface area contributed by atoms with Gasteiger partial charge in [-0.1, -0.05) is 30.3 Å². The molecule has 0 aliphatic carbocycles. The Hall–Kier alpha value is -2.26. The van der Waals surface area contributed by atoms with Gasteiger partial charge in [0.25, 0.3) is 0 Å². The van der Waals surface area contributed by atoms with Crippen LogP contribution in [0.2, 0.25) is 0 Å². The molecule has 0 fully saturated rings. The number of quaternary nitrogens is 1. The minimum absolute atomic E-state index is 0.684. The zero-order chi connectivity index (χ0) is 14.5. The van der Waals surface area contributed by atoms with Crippen LogP contribution in [0, 0.1) is 0 Å². The number of hydrogen-bond donors (Lipinski definition) is 1. The largest absolute Gasteiger partial charge is 0.493 e. The van der Waals surface area contributed by atoms with Gasteiger partial charge in [0.15, 0.2) is 5.76 Å². The molecule has 21 heavy (non-hydrogen) atoms. The first kappa shape index (κ1) is 13.7. The Kier molecular flexibility index (Phi) is 4.22. The van der Waals surface area contributed by atoms with E-state index in [1.807, 2.05) is 19.1 Å². The molecule has 0 saturated heterocycles. The lowest BCUT2D eigenvalue weighted by atomic mass is 10.0. The van der Waals surface area contributed by atoms with E-state index in [1.54, 1.807) is 6.26 Å². The van der Waals surface area contributed by atoms with Crippen molar-refractivity contribution < 1.29 is 14.5 Å². The van der Waals surface area contributed by atoms with E-state index in [0.717, 1.165) is 24.6 Å². The average molecular weight is 282 g/mol. The molecule has 3 aromatic rings. The van der Waals surface area contributed by atoms with E-state index >= 15 is 0 Å². The second kappa shape index (κ2) is 6.46. The molecule has 2 N–H and O–H groups in total. The molecular formula is C18H20NO2+. The molecule has 3 rings (SSSR count). The highest BCUT2D eigenvalue weighted by Crippen LogP contribution is 2.27. The summed E-state index contributed by atoms with van der Waals surface area (Å²) in [5, 5.41) is 4.75. The molecule has 3 nitrogen and oxygen atoms in total. The molecule has 0 saturated carbocycles. The Labute approximate surface area is 124 Å². The van der Waals surface area contributed by atoms with Crippen LogP contribution < -0.4 is 10.1 Å². The maximum absolute atomic E-state index is 5.79. The standard InChI is InChI=1S/C18H19NO2/c1-2-20-18-10-9-14-6-3-4-8-16(14)17(18)13-19-12-15-7-5-11-21-15/h3-11,19H,2,12-13H2,1H3/p+1. The molecule has 1 aromatic heterocycles. The van der Waals surface area contributed by atoms with E-state index in [2.05, 4.69) is 41.7 Å². The molecule has 108 valence electrons. The van der Waals surface area contributed by atoms with Gasteiger partial charge in [-0.05, 0) is 35.9 Å². The normalized spacial score (nSPS) is 10.9. The molecule has 0 aliphatic rings. The molecule has 3 heteroatoms. The Morgan fingerprint density at radius 3 is 2.71 bits per heavy atom. The fraction of sp³-hybridized carbons (Fsp3) is 0.222. The van der Waals surface area contributed by atoms with Gasteiger partial charge in [-0.2, -0.15) is 0 Å². The lowest BCUT2D eigenvalue weighted by molar-refractivity contribution is -0.687. The first-order valence-corrected chi connectivity index (χ1v) is 7.36. The highest BCUT2D eigenvalue weighted by atomic mass is 16.5. The van der Waals surface area contributed by atoms with Crippen LogP contribution in [0.4, 0.5) is 0 Å². The Morgan fingerprint density at radius 2 is 1.90 bits per heavy atom. The van der Waals surface area contributed by atoms with Gasteiger partial charge in [-0.3, -0.25) is 0 Å². The van der Waals surface area contributed by atoms with E-state index in [4.69, 9.17) is 9.15 Å². The van der Waals surface area contributed by atoms with Crippen molar-refractivity contribution in [1.29, 1.82) is 0 Å². The van der Waals surface area contributed by atoms with Crippen LogP contribution in [0.15, 0.2) is 59.2 Å². The summed E-state index contributed by atoms with van der Waals surface area (Å²) in [6, 6.07) is 16.6. The van der Waals surface area contributed by atoms with Crippen molar-refractivity contribution in [2.24, 2.45) is 0 Å². The van der Waals surface area contributed by atoms with Crippen LogP contribution in [0.5, 0.6) is 5.75 Å². The molecule has 0 radical (unpaired) electrons. The third-order valence-corrected chi connectivity index (χ3v) is 3.57. The number of benzene rings is 2. The Bertz CT molecular complexity index is 704.